The predicted octanol–water partition coefficient (Wildman–Crippen LogP) is 0.961. The first-order chi connectivity index (χ1) is 12.2. The Morgan fingerprint density at radius 1 is 1.12 bits per heavy atom. The van der Waals surface area contributed by atoms with Crippen LogP contribution in [0.1, 0.15) is 0 Å². The summed E-state index contributed by atoms with van der Waals surface area (Å²) in [7, 11) is -4.44. The van der Waals surface area contributed by atoms with Gasteiger partial charge in [-0.2, -0.15) is 13.4 Å². The van der Waals surface area contributed by atoms with Gasteiger partial charge >= 0.3 is 0 Å². The van der Waals surface area contributed by atoms with E-state index >= 15 is 0 Å². The average Bonchev–Trinajstić information content (AvgIpc) is 2.97. The topological polar surface area (TPSA) is 183 Å². The molecule has 0 fully saturated rings. The molecule has 0 aliphatic heterocycles. The van der Waals surface area contributed by atoms with E-state index < -0.39 is 10.1 Å². The van der Waals surface area contributed by atoms with Crippen molar-refractivity contribution in [3.05, 3.63) is 42.5 Å². The fourth-order valence-electron chi connectivity index (χ4n) is 2.21. The Labute approximate surface area is 147 Å². The lowest BCUT2D eigenvalue weighted by molar-refractivity contribution is 0.483. The lowest BCUT2D eigenvalue weighted by atomic mass is 10.2. The van der Waals surface area contributed by atoms with Crippen LogP contribution in [0, 0.1) is 0 Å². The molecule has 3 rings (SSSR count). The molecule has 0 radical (unpaired) electrons. The van der Waals surface area contributed by atoms with Crippen molar-refractivity contribution in [1.82, 2.24) is 4.98 Å². The van der Waals surface area contributed by atoms with Gasteiger partial charge in [0.2, 0.25) is 11.9 Å². The third-order valence-corrected chi connectivity index (χ3v) is 4.12. The molecule has 0 spiro atoms. The van der Waals surface area contributed by atoms with Crippen LogP contribution < -0.4 is 17.2 Å². The van der Waals surface area contributed by atoms with Crippen molar-refractivity contribution in [3.63, 3.8) is 0 Å². The number of benzene rings is 2. The summed E-state index contributed by atoms with van der Waals surface area (Å²) < 4.78 is 37.9. The van der Waals surface area contributed by atoms with E-state index in [4.69, 9.17) is 21.6 Å². The maximum absolute atomic E-state index is 11.5. The molecule has 0 saturated heterocycles. The van der Waals surface area contributed by atoms with E-state index in [-0.39, 0.29) is 34.0 Å². The maximum atomic E-state index is 11.5. The van der Waals surface area contributed by atoms with Crippen molar-refractivity contribution in [1.29, 1.82) is 0 Å². The number of para-hydroxylation sites is 2. The van der Waals surface area contributed by atoms with Gasteiger partial charge in [-0.1, -0.05) is 12.1 Å². The highest BCUT2D eigenvalue weighted by atomic mass is 32.2. The van der Waals surface area contributed by atoms with E-state index in [1.54, 1.807) is 24.3 Å². The molecule has 7 N–H and O–H groups in total. The first kappa shape index (κ1) is 17.4. The molecule has 1 heterocycles. The van der Waals surface area contributed by atoms with Crippen LogP contribution in [0.5, 0.6) is 0 Å². The van der Waals surface area contributed by atoms with Crippen LogP contribution >= 0.6 is 0 Å². The number of hydrogen-bond acceptors (Lipinski definition) is 5. The van der Waals surface area contributed by atoms with Crippen LogP contribution in [0.3, 0.4) is 0 Å². The van der Waals surface area contributed by atoms with Gasteiger partial charge in [0.25, 0.3) is 10.1 Å². The smallest absolute Gasteiger partial charge is 0.294 e. The largest absolute Gasteiger partial charge is 0.436 e. The molecule has 10 nitrogen and oxygen atoms in total. The second-order valence-corrected chi connectivity index (χ2v) is 6.57. The van der Waals surface area contributed by atoms with Crippen LogP contribution in [0.25, 0.3) is 22.6 Å². The van der Waals surface area contributed by atoms with Gasteiger partial charge in [0.15, 0.2) is 11.5 Å². The maximum Gasteiger partial charge on any atom is 0.294 e. The first-order valence-electron chi connectivity index (χ1n) is 7.15. The van der Waals surface area contributed by atoms with E-state index in [1.807, 2.05) is 0 Å². The fraction of sp³-hybridized carbons (Fsp3) is 0. The summed E-state index contributed by atoms with van der Waals surface area (Å²) in [5, 5.41) is 0. The number of aliphatic imine (C=N–C) groups is 2. The summed E-state index contributed by atoms with van der Waals surface area (Å²) in [5.41, 5.74) is 17.6. The molecule has 0 saturated carbocycles. The van der Waals surface area contributed by atoms with E-state index in [0.717, 1.165) is 6.07 Å². The second-order valence-electron chi connectivity index (χ2n) is 5.15. The summed E-state index contributed by atoms with van der Waals surface area (Å²) in [6.07, 6.45) is 0. The monoisotopic (exact) mass is 374 g/mol. The zero-order valence-corrected chi connectivity index (χ0v) is 14.0. The van der Waals surface area contributed by atoms with Crippen LogP contribution in [0.4, 0.5) is 5.69 Å². The summed E-state index contributed by atoms with van der Waals surface area (Å²) in [4.78, 5) is 11.6. The molecule has 2 aromatic carbocycles. The van der Waals surface area contributed by atoms with Gasteiger partial charge in [0.1, 0.15) is 5.52 Å². The minimum Gasteiger partial charge on any atom is -0.436 e. The van der Waals surface area contributed by atoms with Crippen molar-refractivity contribution in [2.75, 3.05) is 0 Å². The Morgan fingerprint density at radius 3 is 2.50 bits per heavy atom. The van der Waals surface area contributed by atoms with Crippen molar-refractivity contribution in [2.45, 2.75) is 4.90 Å². The fourth-order valence-corrected chi connectivity index (χ4v) is 2.72. The third kappa shape index (κ3) is 3.63. The van der Waals surface area contributed by atoms with Crippen molar-refractivity contribution in [2.24, 2.45) is 27.2 Å². The van der Waals surface area contributed by atoms with Crippen molar-refractivity contribution in [3.8, 4) is 11.5 Å². The van der Waals surface area contributed by atoms with Gasteiger partial charge in [0.05, 0.1) is 16.1 Å². The molecule has 134 valence electrons. The first-order valence-corrected chi connectivity index (χ1v) is 8.59. The van der Waals surface area contributed by atoms with Gasteiger partial charge in [-0.15, -0.1) is 0 Å². The van der Waals surface area contributed by atoms with E-state index in [0.29, 0.717) is 11.1 Å². The van der Waals surface area contributed by atoms with E-state index in [2.05, 4.69) is 15.0 Å². The Bertz CT molecular complexity index is 1110. The highest BCUT2D eigenvalue weighted by molar-refractivity contribution is 7.85. The van der Waals surface area contributed by atoms with E-state index in [1.165, 1.54) is 12.1 Å². The van der Waals surface area contributed by atoms with Gasteiger partial charge in [0, 0.05) is 0 Å². The average molecular weight is 374 g/mol. The zero-order chi connectivity index (χ0) is 18.9. The molecule has 11 heteroatoms. The van der Waals surface area contributed by atoms with Gasteiger partial charge in [-0.25, -0.2) is 9.98 Å². The molecule has 0 amide bonds. The van der Waals surface area contributed by atoms with Gasteiger partial charge in [-0.05, 0) is 30.3 Å². The number of rotatable bonds is 3. The Morgan fingerprint density at radius 2 is 1.85 bits per heavy atom. The molecular formula is C15H14N6O4S. The van der Waals surface area contributed by atoms with Crippen LogP contribution in [0.15, 0.2) is 61.8 Å². The predicted molar refractivity (Wildman–Crippen MR) is 96.4 cm³/mol. The highest BCUT2D eigenvalue weighted by Crippen LogP contribution is 2.34. The zero-order valence-electron chi connectivity index (χ0n) is 13.2. The number of oxazole rings is 1. The highest BCUT2D eigenvalue weighted by Gasteiger charge is 2.18. The number of nitrogens with two attached hydrogens (primary N) is 3. The summed E-state index contributed by atoms with van der Waals surface area (Å²) in [6.45, 7) is 0. The lowest BCUT2D eigenvalue weighted by Gasteiger charge is -2.05. The van der Waals surface area contributed by atoms with Crippen molar-refractivity contribution < 1.29 is 17.4 Å². The number of fused-ring (bicyclic) bond motifs is 1. The summed E-state index contributed by atoms with van der Waals surface area (Å²) >= 11 is 0. The number of guanidine groups is 2. The molecule has 3 aromatic rings. The summed E-state index contributed by atoms with van der Waals surface area (Å²) in [6, 6.07) is 10.6. The third-order valence-electron chi connectivity index (χ3n) is 3.27. The standard InChI is InChI=1S/C15H14N6O4S/c16-14(17)21-15(18)20-10-6-5-8(26(22,23)24)7-9(10)13-19-11-3-1-2-4-12(11)25-13/h1-7H,(H,22,23,24)(H6,16,17,18,20,21). The van der Waals surface area contributed by atoms with Gasteiger partial charge < -0.3 is 21.6 Å². The van der Waals surface area contributed by atoms with Crippen LogP contribution in [-0.2, 0) is 10.1 Å². The second kappa shape index (κ2) is 6.46. The minimum atomic E-state index is -4.44. The molecule has 0 aliphatic carbocycles. The number of nitrogens with zero attached hydrogens (tertiary/aromatic N) is 3. The van der Waals surface area contributed by atoms with E-state index in [9.17, 15) is 13.0 Å². The molecule has 1 aromatic heterocycles. The Hall–Kier alpha value is -3.44. The van der Waals surface area contributed by atoms with Gasteiger partial charge in [-0.3, -0.25) is 4.55 Å². The SMILES string of the molecule is NC(N)=NC(N)=Nc1ccc(S(=O)(=O)O)cc1-c1nc2ccccc2o1. The van der Waals surface area contributed by atoms with Crippen LogP contribution in [0.2, 0.25) is 0 Å². The Balaban J connectivity index is 2.23. The molecular weight excluding hydrogens is 360 g/mol. The molecule has 0 aliphatic rings. The lowest BCUT2D eigenvalue weighted by Crippen LogP contribution is -2.26. The quantitative estimate of drug-likeness (QED) is 0.297. The van der Waals surface area contributed by atoms with Crippen molar-refractivity contribution >= 4 is 38.8 Å². The summed E-state index contributed by atoms with van der Waals surface area (Å²) in [5.74, 6) is -0.445. The normalized spacial score (nSPS) is 12.3. The molecule has 0 atom stereocenters. The molecule has 0 unspecified atom stereocenters. The molecule has 0 bridgehead atoms. The number of hydrogen-bond donors (Lipinski definition) is 4. The molecule has 26 heavy (non-hydrogen) atoms. The van der Waals surface area contributed by atoms with Crippen LogP contribution in [-0.4, -0.2) is 29.9 Å². The number of aromatic nitrogens is 1. The minimum absolute atomic E-state index is 0.0907. The Kier molecular flexibility index (Phi) is 4.32.